The van der Waals surface area contributed by atoms with Gasteiger partial charge in [0.05, 0.1) is 24.6 Å². The van der Waals surface area contributed by atoms with Gasteiger partial charge in [0.25, 0.3) is 5.91 Å². The van der Waals surface area contributed by atoms with Crippen LogP contribution in [0.3, 0.4) is 0 Å². The minimum Gasteiger partial charge on any atom is -0.497 e. The predicted octanol–water partition coefficient (Wildman–Crippen LogP) is 5.65. The maximum absolute atomic E-state index is 14.9. The molecule has 7 rings (SSSR count). The predicted molar refractivity (Wildman–Crippen MR) is 222 cm³/mol. The number of hydrogen-bond acceptors (Lipinski definition) is 10. The van der Waals surface area contributed by atoms with Crippen molar-refractivity contribution in [2.75, 3.05) is 13.7 Å². The fourth-order valence-corrected chi connectivity index (χ4v) is 9.63. The van der Waals surface area contributed by atoms with E-state index in [4.69, 9.17) is 19.2 Å². The van der Waals surface area contributed by atoms with Crippen molar-refractivity contribution in [3.05, 3.63) is 66.7 Å². The van der Waals surface area contributed by atoms with Crippen LogP contribution >= 0.6 is 0 Å². The molecule has 4 aliphatic rings. The number of hydrogen-bond donors (Lipinski definition) is 3. The van der Waals surface area contributed by atoms with Crippen molar-refractivity contribution in [3.8, 4) is 22.9 Å². The van der Waals surface area contributed by atoms with Gasteiger partial charge in [-0.05, 0) is 101 Å². The highest BCUT2D eigenvalue weighted by molar-refractivity contribution is 7.91. The number of sulfonamides is 1. The van der Waals surface area contributed by atoms with Crippen molar-refractivity contribution in [2.24, 2.45) is 17.8 Å². The summed E-state index contributed by atoms with van der Waals surface area (Å²) in [6.45, 7) is 9.15. The molecule has 2 aliphatic heterocycles. The molecule has 7 atom stereocenters. The highest BCUT2D eigenvalue weighted by Crippen LogP contribution is 2.46. The standard InChI is InChI=1S/C44H55N5O9S/c1-26-12-10-11-15-30-24-44(30,41(52)48-59(54,55)33-17-18-33)47-38(50)36-23-32(25-49(36)40(51)37(27(2)20-26)46-42(53)58-43(3,4)5)57-39-34-19-16-31(56-6)21-29(34)22-35(45-39)28-13-8-7-9-14-28/h7-9,11,13-16,19,21-22,26-27,30,32-33,36-37H,10,12,17-18,20,23-25H2,1-6H3,(H,46,53)(H,47,50)(H,48,52)/b15-11-/t26-,27-,30-,32-,36+,37+,44-/m1/s1. The molecule has 0 radical (unpaired) electrons. The third kappa shape index (κ3) is 9.50. The summed E-state index contributed by atoms with van der Waals surface area (Å²) in [5, 5.41) is 6.61. The molecule has 2 saturated carbocycles. The molecular formula is C44H55N5O9S. The fraction of sp³-hybridized carbons (Fsp3) is 0.523. The van der Waals surface area contributed by atoms with E-state index < -0.39 is 74.3 Å². The van der Waals surface area contributed by atoms with E-state index in [1.807, 2.05) is 67.6 Å². The molecule has 2 aromatic carbocycles. The third-order valence-corrected chi connectivity index (χ3v) is 13.5. The Hall–Kier alpha value is -5.18. The average Bonchev–Trinajstić information content (AvgIpc) is 4.11. The zero-order valence-electron chi connectivity index (χ0n) is 34.5. The molecule has 1 saturated heterocycles. The SMILES string of the molecule is COc1ccc2c(O[C@@H]3C[C@H]4C(=O)N[C@]5(C(=O)NS(=O)(=O)C6CC6)C[C@H]5/C=C\CC[C@@H](C)C[C@@H](C)[C@H](NC(=O)OC(C)(C)C)C(=O)N4C3)nc(-c3ccccc3)cc2c1. The summed E-state index contributed by atoms with van der Waals surface area (Å²) in [5.74, 6) is -1.65. The number of nitrogens with zero attached hydrogens (tertiary/aromatic N) is 2. The number of carbonyl (C=O) groups is 4. The maximum atomic E-state index is 14.9. The average molecular weight is 830 g/mol. The summed E-state index contributed by atoms with van der Waals surface area (Å²) < 4.78 is 46.0. The number of pyridine rings is 1. The van der Waals surface area contributed by atoms with Crippen LogP contribution in [0.1, 0.15) is 79.6 Å². The van der Waals surface area contributed by atoms with Gasteiger partial charge in [-0.3, -0.25) is 19.1 Å². The van der Waals surface area contributed by atoms with E-state index in [1.54, 1.807) is 33.9 Å². The molecule has 3 fully saturated rings. The first-order chi connectivity index (χ1) is 28.0. The molecule has 3 aromatic rings. The largest absolute Gasteiger partial charge is 0.497 e. The first kappa shape index (κ1) is 42.0. The molecular weight excluding hydrogens is 775 g/mol. The Morgan fingerprint density at radius 1 is 1.00 bits per heavy atom. The lowest BCUT2D eigenvalue weighted by atomic mass is 9.88. The zero-order valence-corrected chi connectivity index (χ0v) is 35.3. The van der Waals surface area contributed by atoms with Crippen molar-refractivity contribution in [2.45, 2.75) is 114 Å². The van der Waals surface area contributed by atoms with Crippen molar-refractivity contribution < 1.29 is 41.8 Å². The van der Waals surface area contributed by atoms with E-state index in [2.05, 4.69) is 22.3 Å². The third-order valence-electron chi connectivity index (χ3n) is 11.6. The summed E-state index contributed by atoms with van der Waals surface area (Å²) in [7, 11) is -2.33. The molecule has 3 heterocycles. The van der Waals surface area contributed by atoms with Crippen molar-refractivity contribution in [3.63, 3.8) is 0 Å². The monoisotopic (exact) mass is 829 g/mol. The smallest absolute Gasteiger partial charge is 0.408 e. The first-order valence-electron chi connectivity index (χ1n) is 20.5. The number of amides is 4. The van der Waals surface area contributed by atoms with Gasteiger partial charge in [0.1, 0.15) is 35.1 Å². The van der Waals surface area contributed by atoms with Gasteiger partial charge in [-0.15, -0.1) is 0 Å². The van der Waals surface area contributed by atoms with Crippen LogP contribution in [-0.4, -0.2) is 90.3 Å². The lowest BCUT2D eigenvalue weighted by molar-refractivity contribution is -0.142. The minimum absolute atomic E-state index is 0.0228. The van der Waals surface area contributed by atoms with E-state index in [-0.39, 0.29) is 31.2 Å². The Morgan fingerprint density at radius 2 is 1.75 bits per heavy atom. The van der Waals surface area contributed by atoms with E-state index in [9.17, 15) is 27.6 Å². The van der Waals surface area contributed by atoms with Gasteiger partial charge in [-0.1, -0.05) is 56.3 Å². The van der Waals surface area contributed by atoms with Crippen molar-refractivity contribution in [1.82, 2.24) is 25.2 Å². The van der Waals surface area contributed by atoms with Crippen LogP contribution in [0.5, 0.6) is 11.6 Å². The molecule has 14 nitrogen and oxygen atoms in total. The number of rotatable bonds is 8. The van der Waals surface area contributed by atoms with Crippen LogP contribution in [0.2, 0.25) is 0 Å². The van der Waals surface area contributed by atoms with Crippen molar-refractivity contribution >= 4 is 44.6 Å². The molecule has 3 N–H and O–H groups in total. The van der Waals surface area contributed by atoms with Crippen LogP contribution in [0.25, 0.3) is 22.0 Å². The minimum atomic E-state index is -3.92. The second-order valence-corrected chi connectivity index (χ2v) is 19.6. The van der Waals surface area contributed by atoms with E-state index in [1.165, 1.54) is 4.90 Å². The van der Waals surface area contributed by atoms with E-state index in [0.29, 0.717) is 48.4 Å². The number of benzene rings is 2. The number of alkyl carbamates (subject to hydrolysis) is 1. The zero-order chi connectivity index (χ0) is 42.3. The second-order valence-electron chi connectivity index (χ2n) is 17.6. The topological polar surface area (TPSA) is 182 Å². The molecule has 316 valence electrons. The normalized spacial score (nSPS) is 28.2. The number of aromatic nitrogens is 1. The number of methoxy groups -OCH3 is 1. The lowest BCUT2D eigenvalue weighted by Gasteiger charge is -2.33. The second kappa shape index (κ2) is 16.5. The number of fused-ring (bicyclic) bond motifs is 3. The molecule has 1 aromatic heterocycles. The molecule has 2 aliphatic carbocycles. The number of ether oxygens (including phenoxy) is 3. The highest BCUT2D eigenvalue weighted by atomic mass is 32.2. The van der Waals surface area contributed by atoms with Crippen LogP contribution in [0.15, 0.2) is 66.7 Å². The lowest BCUT2D eigenvalue weighted by Crippen LogP contribution is -2.59. The Kier molecular flexibility index (Phi) is 11.7. The first-order valence-corrected chi connectivity index (χ1v) is 22.1. The van der Waals surface area contributed by atoms with E-state index >= 15 is 0 Å². The van der Waals surface area contributed by atoms with Crippen LogP contribution < -0.4 is 24.8 Å². The van der Waals surface area contributed by atoms with Gasteiger partial charge in [0.15, 0.2) is 0 Å². The quantitative estimate of drug-likeness (QED) is 0.240. The summed E-state index contributed by atoms with van der Waals surface area (Å²) in [4.78, 5) is 63.1. The van der Waals surface area contributed by atoms with Gasteiger partial charge >= 0.3 is 6.09 Å². The number of nitrogens with one attached hydrogen (secondary N) is 3. The number of allylic oxidation sites excluding steroid dienone is 1. The summed E-state index contributed by atoms with van der Waals surface area (Å²) in [5.41, 5.74) is -0.858. The van der Waals surface area contributed by atoms with Crippen LogP contribution in [-0.2, 0) is 29.1 Å². The van der Waals surface area contributed by atoms with Crippen LogP contribution in [0.4, 0.5) is 4.79 Å². The highest BCUT2D eigenvalue weighted by Gasteiger charge is 2.62. The Morgan fingerprint density at radius 3 is 2.44 bits per heavy atom. The molecule has 0 spiro atoms. The van der Waals surface area contributed by atoms with E-state index in [0.717, 1.165) is 17.4 Å². The van der Waals surface area contributed by atoms with Crippen molar-refractivity contribution in [1.29, 1.82) is 0 Å². The molecule has 0 unspecified atom stereocenters. The maximum Gasteiger partial charge on any atom is 0.408 e. The molecule has 59 heavy (non-hydrogen) atoms. The summed E-state index contributed by atoms with van der Waals surface area (Å²) in [6.07, 6.45) is 5.50. The number of carbonyl (C=O) groups excluding carboxylic acids is 4. The Labute approximate surface area is 345 Å². The Balaban J connectivity index is 1.26. The van der Waals surface area contributed by atoms with Gasteiger partial charge in [-0.25, -0.2) is 18.2 Å². The molecule has 15 heteroatoms. The van der Waals surface area contributed by atoms with Gasteiger partial charge in [0.2, 0.25) is 27.7 Å². The molecule has 0 bridgehead atoms. The fourth-order valence-electron chi connectivity index (χ4n) is 8.27. The van der Waals surface area contributed by atoms with Gasteiger partial charge in [-0.2, -0.15) is 0 Å². The van der Waals surface area contributed by atoms with Gasteiger partial charge in [0, 0.05) is 23.3 Å². The van der Waals surface area contributed by atoms with Crippen LogP contribution in [0, 0.1) is 17.8 Å². The molecule has 4 amide bonds. The van der Waals surface area contributed by atoms with Gasteiger partial charge < -0.3 is 29.7 Å². The Bertz CT molecular complexity index is 2240. The summed E-state index contributed by atoms with van der Waals surface area (Å²) >= 11 is 0. The summed E-state index contributed by atoms with van der Waals surface area (Å²) in [6, 6.07) is 14.9.